The van der Waals surface area contributed by atoms with Gasteiger partial charge in [0.15, 0.2) is 0 Å². The Bertz CT molecular complexity index is 628. The average Bonchev–Trinajstić information content (AvgIpc) is 2.54. The maximum Gasteiger partial charge on any atom is 0.230 e. The fourth-order valence-corrected chi connectivity index (χ4v) is 3.22. The van der Waals surface area contributed by atoms with Crippen LogP contribution in [0.4, 0.5) is 0 Å². The van der Waals surface area contributed by atoms with Crippen LogP contribution in [0.1, 0.15) is 17.2 Å². The Morgan fingerprint density at radius 3 is 2.39 bits per heavy atom. The first kappa shape index (κ1) is 17.6. The van der Waals surface area contributed by atoms with E-state index in [4.69, 9.17) is 0 Å². The molecule has 0 bridgehead atoms. The average molecular weight is 328 g/mol. The predicted molar refractivity (Wildman–Crippen MR) is 97.8 cm³/mol. The number of thioether (sulfide) groups is 1. The smallest absolute Gasteiger partial charge is 0.230 e. The summed E-state index contributed by atoms with van der Waals surface area (Å²) in [5.74, 6) is 0.496. The van der Waals surface area contributed by atoms with Gasteiger partial charge in [-0.15, -0.1) is 11.8 Å². The van der Waals surface area contributed by atoms with Crippen molar-refractivity contribution in [1.29, 1.82) is 0 Å². The molecule has 0 aromatic heterocycles. The number of nitrogens with zero attached hydrogens (tertiary/aromatic N) is 1. The van der Waals surface area contributed by atoms with Crippen LogP contribution in [0.5, 0.6) is 0 Å². The lowest BCUT2D eigenvalue weighted by atomic mass is 10.1. The quantitative estimate of drug-likeness (QED) is 0.790. The van der Waals surface area contributed by atoms with Gasteiger partial charge in [-0.05, 0) is 38.2 Å². The minimum atomic E-state index is 0.0103. The number of carbonyl (C=O) groups is 1. The highest BCUT2D eigenvalue weighted by Crippen LogP contribution is 2.22. The standard InChI is InChI=1S/C19H24N2OS/c1-15-9-7-8-12-18(15)23-14-19(22)20-17(13-21(2)3)16-10-5-4-6-11-16/h4-12,17H,13-14H2,1-3H3,(H,20,22)/t17-/m0/s1. The van der Waals surface area contributed by atoms with E-state index in [0.29, 0.717) is 5.75 Å². The number of aryl methyl sites for hydroxylation is 1. The molecule has 0 saturated carbocycles. The molecular formula is C19H24N2OS. The number of rotatable bonds is 7. The number of carbonyl (C=O) groups excluding carboxylic acids is 1. The van der Waals surface area contributed by atoms with Gasteiger partial charge in [0, 0.05) is 11.4 Å². The second kappa shape index (κ2) is 8.75. The highest BCUT2D eigenvalue weighted by Gasteiger charge is 2.15. The maximum atomic E-state index is 12.3. The molecule has 1 N–H and O–H groups in total. The van der Waals surface area contributed by atoms with Gasteiger partial charge < -0.3 is 10.2 Å². The van der Waals surface area contributed by atoms with Crippen molar-refractivity contribution < 1.29 is 4.79 Å². The number of hydrogen-bond donors (Lipinski definition) is 1. The van der Waals surface area contributed by atoms with Crippen molar-refractivity contribution in [3.63, 3.8) is 0 Å². The molecule has 2 aromatic carbocycles. The normalized spacial score (nSPS) is 12.2. The van der Waals surface area contributed by atoms with E-state index in [0.717, 1.165) is 17.0 Å². The summed E-state index contributed by atoms with van der Waals surface area (Å²) in [5, 5.41) is 3.15. The summed E-state index contributed by atoms with van der Waals surface area (Å²) in [6.07, 6.45) is 0. The zero-order chi connectivity index (χ0) is 16.7. The van der Waals surface area contributed by atoms with Gasteiger partial charge in [-0.2, -0.15) is 0 Å². The monoisotopic (exact) mass is 328 g/mol. The van der Waals surface area contributed by atoms with Crippen LogP contribution < -0.4 is 5.32 Å². The molecule has 0 heterocycles. The van der Waals surface area contributed by atoms with Crippen molar-refractivity contribution in [2.75, 3.05) is 26.4 Å². The van der Waals surface area contributed by atoms with E-state index in [2.05, 4.69) is 41.4 Å². The zero-order valence-electron chi connectivity index (χ0n) is 14.0. The van der Waals surface area contributed by atoms with Crippen molar-refractivity contribution in [2.45, 2.75) is 17.9 Å². The SMILES string of the molecule is Cc1ccccc1SCC(=O)N[C@@H](CN(C)C)c1ccccc1. The van der Waals surface area contributed by atoms with Crippen LogP contribution in [0, 0.1) is 6.92 Å². The molecule has 2 aromatic rings. The predicted octanol–water partition coefficient (Wildman–Crippen LogP) is 3.51. The third-order valence-corrected chi connectivity index (χ3v) is 4.71. The molecule has 1 amide bonds. The van der Waals surface area contributed by atoms with Crippen LogP contribution in [0.2, 0.25) is 0 Å². The van der Waals surface area contributed by atoms with E-state index in [1.807, 2.05) is 44.4 Å². The third-order valence-electron chi connectivity index (χ3n) is 3.54. The molecule has 2 rings (SSSR count). The lowest BCUT2D eigenvalue weighted by Gasteiger charge is -2.23. The van der Waals surface area contributed by atoms with Crippen LogP contribution in [0.15, 0.2) is 59.5 Å². The van der Waals surface area contributed by atoms with Gasteiger partial charge in [-0.1, -0.05) is 48.5 Å². The van der Waals surface area contributed by atoms with Crippen LogP contribution in [-0.2, 0) is 4.79 Å². The van der Waals surface area contributed by atoms with Crippen LogP contribution in [-0.4, -0.2) is 37.2 Å². The van der Waals surface area contributed by atoms with Gasteiger partial charge in [0.05, 0.1) is 11.8 Å². The third kappa shape index (κ3) is 5.73. The van der Waals surface area contributed by atoms with E-state index in [1.165, 1.54) is 5.56 Å². The first-order chi connectivity index (χ1) is 11.1. The minimum Gasteiger partial charge on any atom is -0.347 e. The van der Waals surface area contributed by atoms with Gasteiger partial charge in [0.25, 0.3) is 0 Å². The number of benzene rings is 2. The zero-order valence-corrected chi connectivity index (χ0v) is 14.8. The molecule has 0 radical (unpaired) electrons. The van der Waals surface area contributed by atoms with E-state index in [1.54, 1.807) is 11.8 Å². The first-order valence-corrected chi connectivity index (χ1v) is 8.72. The fourth-order valence-electron chi connectivity index (χ4n) is 2.38. The molecule has 0 aliphatic heterocycles. The van der Waals surface area contributed by atoms with Gasteiger partial charge in [-0.25, -0.2) is 0 Å². The van der Waals surface area contributed by atoms with Crippen LogP contribution >= 0.6 is 11.8 Å². The van der Waals surface area contributed by atoms with Crippen molar-refractivity contribution in [3.05, 3.63) is 65.7 Å². The molecule has 122 valence electrons. The lowest BCUT2D eigenvalue weighted by Crippen LogP contribution is -2.36. The van der Waals surface area contributed by atoms with Gasteiger partial charge in [-0.3, -0.25) is 4.79 Å². The lowest BCUT2D eigenvalue weighted by molar-refractivity contribution is -0.119. The molecule has 0 saturated heterocycles. The van der Waals surface area contributed by atoms with Crippen molar-refractivity contribution >= 4 is 17.7 Å². The molecule has 0 aliphatic carbocycles. The molecule has 0 unspecified atom stereocenters. The topological polar surface area (TPSA) is 32.3 Å². The van der Waals surface area contributed by atoms with Crippen LogP contribution in [0.25, 0.3) is 0 Å². The summed E-state index contributed by atoms with van der Waals surface area (Å²) >= 11 is 1.59. The number of likely N-dealkylation sites (N-methyl/N-ethyl adjacent to an activating group) is 1. The molecule has 23 heavy (non-hydrogen) atoms. The summed E-state index contributed by atoms with van der Waals surface area (Å²) in [7, 11) is 4.04. The Morgan fingerprint density at radius 1 is 1.09 bits per heavy atom. The minimum absolute atomic E-state index is 0.0103. The first-order valence-electron chi connectivity index (χ1n) is 7.73. The maximum absolute atomic E-state index is 12.3. The van der Waals surface area contributed by atoms with Gasteiger partial charge >= 0.3 is 0 Å². The highest BCUT2D eigenvalue weighted by atomic mass is 32.2. The van der Waals surface area contributed by atoms with Crippen LogP contribution in [0.3, 0.4) is 0 Å². The van der Waals surface area contributed by atoms with E-state index in [-0.39, 0.29) is 11.9 Å². The Hall–Kier alpha value is -1.78. The number of amides is 1. The summed E-state index contributed by atoms with van der Waals surface area (Å²) in [6, 6.07) is 18.3. The Labute approximate surface area is 143 Å². The van der Waals surface area contributed by atoms with E-state index in [9.17, 15) is 4.79 Å². The molecule has 0 fully saturated rings. The Morgan fingerprint density at radius 2 is 1.74 bits per heavy atom. The van der Waals surface area contributed by atoms with Gasteiger partial charge in [0.2, 0.25) is 5.91 Å². The highest BCUT2D eigenvalue weighted by molar-refractivity contribution is 8.00. The number of nitrogens with one attached hydrogen (secondary N) is 1. The second-order valence-electron chi connectivity index (χ2n) is 5.85. The Balaban J connectivity index is 1.96. The van der Waals surface area contributed by atoms with Gasteiger partial charge in [0.1, 0.15) is 0 Å². The number of hydrogen-bond acceptors (Lipinski definition) is 3. The van der Waals surface area contributed by atoms with Crippen molar-refractivity contribution in [2.24, 2.45) is 0 Å². The van der Waals surface area contributed by atoms with Crippen molar-refractivity contribution in [1.82, 2.24) is 10.2 Å². The fraction of sp³-hybridized carbons (Fsp3) is 0.316. The molecular weight excluding hydrogens is 304 g/mol. The molecule has 0 aliphatic rings. The summed E-state index contributed by atoms with van der Waals surface area (Å²) in [5.41, 5.74) is 2.34. The molecule has 0 spiro atoms. The summed E-state index contributed by atoms with van der Waals surface area (Å²) < 4.78 is 0. The molecule has 1 atom stereocenters. The summed E-state index contributed by atoms with van der Waals surface area (Å²) in [4.78, 5) is 15.6. The van der Waals surface area contributed by atoms with Crippen molar-refractivity contribution in [3.8, 4) is 0 Å². The van der Waals surface area contributed by atoms with E-state index < -0.39 is 0 Å². The summed E-state index contributed by atoms with van der Waals surface area (Å²) in [6.45, 7) is 2.85. The largest absolute Gasteiger partial charge is 0.347 e. The Kier molecular flexibility index (Phi) is 6.68. The van der Waals surface area contributed by atoms with E-state index >= 15 is 0 Å². The second-order valence-corrected chi connectivity index (χ2v) is 6.86. The molecule has 4 heteroatoms. The molecule has 3 nitrogen and oxygen atoms in total.